The Kier molecular flexibility index (Phi) is 5.01. The average molecular weight is 355 g/mol. The zero-order valence-corrected chi connectivity index (χ0v) is 15.3. The Balaban J connectivity index is 1.68. The van der Waals surface area contributed by atoms with Crippen molar-refractivity contribution >= 4 is 34.3 Å². The van der Waals surface area contributed by atoms with Gasteiger partial charge in [-0.2, -0.15) is 0 Å². The first-order chi connectivity index (χ1) is 11.9. The second kappa shape index (κ2) is 7.21. The van der Waals surface area contributed by atoms with Gasteiger partial charge in [0, 0.05) is 28.3 Å². The molecule has 0 saturated heterocycles. The van der Waals surface area contributed by atoms with Crippen LogP contribution in [0, 0.1) is 0 Å². The maximum Gasteiger partial charge on any atom is 0.218 e. The van der Waals surface area contributed by atoms with Crippen molar-refractivity contribution in [3.05, 3.63) is 58.8 Å². The minimum atomic E-state index is -0.0518. The van der Waals surface area contributed by atoms with Gasteiger partial charge in [-0.05, 0) is 23.8 Å². The maximum absolute atomic E-state index is 9.20. The molecule has 0 amide bonds. The van der Waals surface area contributed by atoms with E-state index in [1.165, 1.54) is 11.3 Å². The molecule has 0 aliphatic carbocycles. The molecular formula is C19H21N3O2S. The first-order valence-electron chi connectivity index (χ1n) is 8.01. The third-order valence-corrected chi connectivity index (χ3v) is 4.42. The van der Waals surface area contributed by atoms with Crippen molar-refractivity contribution in [2.75, 3.05) is 5.32 Å². The quantitative estimate of drug-likeness (QED) is 0.685. The monoisotopic (exact) mass is 355 g/mol. The number of nitrogens with zero attached hydrogens (tertiary/aromatic N) is 2. The molecule has 3 rings (SSSR count). The zero-order valence-electron chi connectivity index (χ0n) is 14.5. The number of benzene rings is 1. The van der Waals surface area contributed by atoms with E-state index < -0.39 is 0 Å². The van der Waals surface area contributed by atoms with Crippen molar-refractivity contribution < 1.29 is 9.52 Å². The molecule has 0 aliphatic rings. The van der Waals surface area contributed by atoms with E-state index in [1.54, 1.807) is 12.4 Å². The summed E-state index contributed by atoms with van der Waals surface area (Å²) in [5.41, 5.74) is 1.71. The van der Waals surface area contributed by atoms with Gasteiger partial charge in [-0.3, -0.25) is 0 Å². The summed E-state index contributed by atoms with van der Waals surface area (Å²) in [7, 11) is 0. The fraction of sp³-hybridized carbons (Fsp3) is 0.263. The maximum atomic E-state index is 9.20. The van der Waals surface area contributed by atoms with E-state index in [0.717, 1.165) is 27.0 Å². The Morgan fingerprint density at radius 2 is 2.04 bits per heavy atom. The second-order valence-corrected chi connectivity index (χ2v) is 7.76. The predicted octanol–water partition coefficient (Wildman–Crippen LogP) is 4.83. The Bertz CT molecular complexity index is 875. The minimum Gasteiger partial charge on any atom is -0.441 e. The number of nitrogens with one attached hydrogen (secondary N) is 1. The summed E-state index contributed by atoms with van der Waals surface area (Å²) >= 11 is 1.53. The molecule has 0 spiro atoms. The van der Waals surface area contributed by atoms with Gasteiger partial charge in [0.25, 0.3) is 0 Å². The van der Waals surface area contributed by atoms with Gasteiger partial charge < -0.3 is 14.8 Å². The first-order valence-corrected chi connectivity index (χ1v) is 8.83. The second-order valence-electron chi connectivity index (χ2n) is 6.70. The molecule has 0 saturated carbocycles. The van der Waals surface area contributed by atoms with Crippen LogP contribution < -0.4 is 5.32 Å². The number of oxazole rings is 1. The largest absolute Gasteiger partial charge is 0.441 e. The van der Waals surface area contributed by atoms with Crippen LogP contribution in [-0.4, -0.2) is 15.1 Å². The van der Waals surface area contributed by atoms with Gasteiger partial charge in [-0.1, -0.05) is 44.2 Å². The van der Waals surface area contributed by atoms with Crippen LogP contribution in [0.15, 0.2) is 41.1 Å². The van der Waals surface area contributed by atoms with Crippen LogP contribution >= 0.6 is 11.3 Å². The van der Waals surface area contributed by atoms with Gasteiger partial charge >= 0.3 is 0 Å². The highest BCUT2D eigenvalue weighted by Gasteiger charge is 2.18. The van der Waals surface area contributed by atoms with Gasteiger partial charge in [0.15, 0.2) is 5.13 Å². The van der Waals surface area contributed by atoms with Crippen molar-refractivity contribution in [3.8, 4) is 0 Å². The van der Waals surface area contributed by atoms with E-state index in [9.17, 15) is 5.11 Å². The van der Waals surface area contributed by atoms with E-state index in [1.807, 2.05) is 36.4 Å². The fourth-order valence-electron chi connectivity index (χ4n) is 2.16. The summed E-state index contributed by atoms with van der Waals surface area (Å²) in [6, 6.07) is 7.62. The van der Waals surface area contributed by atoms with Gasteiger partial charge in [-0.25, -0.2) is 9.97 Å². The van der Waals surface area contributed by atoms with E-state index in [0.29, 0.717) is 5.89 Å². The van der Waals surface area contributed by atoms with Crippen LogP contribution in [0.4, 0.5) is 10.8 Å². The van der Waals surface area contributed by atoms with Gasteiger partial charge in [0.2, 0.25) is 5.89 Å². The minimum absolute atomic E-state index is 0.0219. The number of thiazole rings is 1. The van der Waals surface area contributed by atoms with Crippen LogP contribution in [0.1, 0.15) is 42.9 Å². The van der Waals surface area contributed by atoms with Crippen molar-refractivity contribution in [3.63, 3.8) is 0 Å². The van der Waals surface area contributed by atoms with Crippen molar-refractivity contribution in [1.29, 1.82) is 0 Å². The number of aliphatic hydroxyl groups excluding tert-OH is 1. The summed E-state index contributed by atoms with van der Waals surface area (Å²) in [5.74, 6) is 1.45. The lowest BCUT2D eigenvalue weighted by Gasteiger charge is -2.12. The lowest BCUT2D eigenvalue weighted by Crippen LogP contribution is -2.09. The molecule has 0 unspecified atom stereocenters. The Morgan fingerprint density at radius 1 is 1.20 bits per heavy atom. The number of hydrogen-bond donors (Lipinski definition) is 2. The molecule has 0 atom stereocenters. The van der Waals surface area contributed by atoms with Gasteiger partial charge in [-0.15, -0.1) is 0 Å². The highest BCUT2D eigenvalue weighted by Crippen LogP contribution is 2.26. The molecule has 0 bridgehead atoms. The third-order valence-electron chi connectivity index (χ3n) is 3.54. The van der Waals surface area contributed by atoms with Crippen LogP contribution in [0.2, 0.25) is 0 Å². The van der Waals surface area contributed by atoms with Crippen molar-refractivity contribution in [1.82, 2.24) is 9.97 Å². The van der Waals surface area contributed by atoms with Crippen LogP contribution in [0.3, 0.4) is 0 Å². The average Bonchev–Trinajstić information content (AvgIpc) is 3.22. The van der Waals surface area contributed by atoms with Gasteiger partial charge in [0.1, 0.15) is 5.76 Å². The molecule has 5 nitrogen and oxygen atoms in total. The molecule has 25 heavy (non-hydrogen) atoms. The molecule has 2 aromatic heterocycles. The number of hydrogen-bond acceptors (Lipinski definition) is 6. The lowest BCUT2D eigenvalue weighted by molar-refractivity contribution is 0.282. The highest BCUT2D eigenvalue weighted by atomic mass is 32.1. The zero-order chi connectivity index (χ0) is 17.9. The molecule has 2 N–H and O–H groups in total. The van der Waals surface area contributed by atoms with E-state index in [2.05, 4.69) is 36.1 Å². The number of rotatable bonds is 5. The van der Waals surface area contributed by atoms with Crippen LogP contribution in [0.5, 0.6) is 0 Å². The first kappa shape index (κ1) is 17.4. The Labute approximate surface area is 151 Å². The van der Waals surface area contributed by atoms with E-state index in [4.69, 9.17) is 4.42 Å². The summed E-state index contributed by atoms with van der Waals surface area (Å²) in [4.78, 5) is 9.65. The molecule has 130 valence electrons. The lowest BCUT2D eigenvalue weighted by atomic mass is 9.94. The topological polar surface area (TPSA) is 71.2 Å². The molecule has 2 heterocycles. The van der Waals surface area contributed by atoms with Crippen molar-refractivity contribution in [2.45, 2.75) is 32.8 Å². The number of anilines is 2. The number of aromatic nitrogens is 2. The van der Waals surface area contributed by atoms with Crippen LogP contribution in [-0.2, 0) is 12.0 Å². The fourth-order valence-corrected chi connectivity index (χ4v) is 2.90. The molecule has 1 aromatic carbocycles. The molecule has 0 fully saturated rings. The molecule has 3 aromatic rings. The molecular weight excluding hydrogens is 334 g/mol. The van der Waals surface area contributed by atoms with E-state index in [-0.39, 0.29) is 12.0 Å². The predicted molar refractivity (Wildman–Crippen MR) is 102 cm³/mol. The Hall–Kier alpha value is -2.44. The Morgan fingerprint density at radius 3 is 2.76 bits per heavy atom. The van der Waals surface area contributed by atoms with E-state index >= 15 is 0 Å². The highest BCUT2D eigenvalue weighted by molar-refractivity contribution is 7.16. The molecule has 6 heteroatoms. The van der Waals surface area contributed by atoms with Crippen LogP contribution in [0.25, 0.3) is 12.2 Å². The SMILES string of the molecule is CC(C)(C)c1cnc(C=Cc2cnc(Nc3cccc(CO)c3)s2)o1. The summed E-state index contributed by atoms with van der Waals surface area (Å²) in [5, 5.41) is 13.2. The smallest absolute Gasteiger partial charge is 0.218 e. The van der Waals surface area contributed by atoms with Crippen molar-refractivity contribution in [2.24, 2.45) is 0 Å². The normalized spacial score (nSPS) is 12.0. The molecule has 0 aliphatic heterocycles. The number of aliphatic hydroxyl groups is 1. The summed E-state index contributed by atoms with van der Waals surface area (Å²) < 4.78 is 5.74. The molecule has 0 radical (unpaired) electrons. The standard InChI is InChI=1S/C19H21N3O2S/c1-19(2,3)16-11-20-17(24-16)8-7-15-10-21-18(25-15)22-14-6-4-5-13(9-14)12-23/h4-11,23H,12H2,1-3H3,(H,21,22). The third kappa shape index (κ3) is 4.55. The summed E-state index contributed by atoms with van der Waals surface area (Å²) in [6.45, 7) is 6.30. The summed E-state index contributed by atoms with van der Waals surface area (Å²) in [6.07, 6.45) is 7.35. The van der Waals surface area contributed by atoms with Gasteiger partial charge in [0.05, 0.1) is 12.8 Å².